The van der Waals surface area contributed by atoms with Gasteiger partial charge >= 0.3 is 0 Å². The minimum atomic E-state index is 0.0710. The molecule has 0 unspecified atom stereocenters. The summed E-state index contributed by atoms with van der Waals surface area (Å²) in [6, 6.07) is 7.96. The van der Waals surface area contributed by atoms with E-state index in [0.29, 0.717) is 6.79 Å². The Morgan fingerprint density at radius 2 is 1.89 bits per heavy atom. The standard InChI is InChI=1S/C14H16N2O2/c1-14(2,3)13-7-10(15-16-13)9-4-5-11-12(6-9)18-8-17-11/h4-7H,8H2,1-3H3,(H,15,16). The number of nitrogens with one attached hydrogen (secondary N) is 1. The molecule has 3 rings (SSSR count). The minimum Gasteiger partial charge on any atom is -0.454 e. The van der Waals surface area contributed by atoms with Crippen LogP contribution in [0.3, 0.4) is 0 Å². The third kappa shape index (κ3) is 1.83. The van der Waals surface area contributed by atoms with E-state index >= 15 is 0 Å². The third-order valence-electron chi connectivity index (χ3n) is 3.05. The van der Waals surface area contributed by atoms with Gasteiger partial charge in [-0.25, -0.2) is 0 Å². The fourth-order valence-corrected chi connectivity index (χ4v) is 1.91. The van der Waals surface area contributed by atoms with Gasteiger partial charge in [-0.2, -0.15) is 5.10 Å². The van der Waals surface area contributed by atoms with Gasteiger partial charge in [0.1, 0.15) is 0 Å². The average molecular weight is 244 g/mol. The van der Waals surface area contributed by atoms with Crippen molar-refractivity contribution in [3.63, 3.8) is 0 Å². The van der Waals surface area contributed by atoms with E-state index in [-0.39, 0.29) is 5.41 Å². The van der Waals surface area contributed by atoms with Crippen LogP contribution in [0.2, 0.25) is 0 Å². The molecule has 0 aliphatic carbocycles. The number of rotatable bonds is 1. The monoisotopic (exact) mass is 244 g/mol. The van der Waals surface area contributed by atoms with Crippen LogP contribution < -0.4 is 9.47 Å². The molecule has 2 heterocycles. The van der Waals surface area contributed by atoms with Gasteiger partial charge in [-0.05, 0) is 24.3 Å². The second-order valence-electron chi connectivity index (χ2n) is 5.48. The van der Waals surface area contributed by atoms with Crippen molar-refractivity contribution >= 4 is 0 Å². The van der Waals surface area contributed by atoms with Crippen molar-refractivity contribution in [2.75, 3.05) is 6.79 Å². The van der Waals surface area contributed by atoms with Gasteiger partial charge in [0.15, 0.2) is 11.5 Å². The molecule has 0 amide bonds. The summed E-state index contributed by atoms with van der Waals surface area (Å²) in [6.07, 6.45) is 0. The van der Waals surface area contributed by atoms with Crippen LogP contribution in [0.4, 0.5) is 0 Å². The first-order chi connectivity index (χ1) is 8.54. The number of aromatic amines is 1. The van der Waals surface area contributed by atoms with E-state index in [9.17, 15) is 0 Å². The van der Waals surface area contributed by atoms with Crippen molar-refractivity contribution in [3.05, 3.63) is 30.0 Å². The van der Waals surface area contributed by atoms with E-state index in [2.05, 4.69) is 37.0 Å². The van der Waals surface area contributed by atoms with E-state index in [4.69, 9.17) is 9.47 Å². The van der Waals surface area contributed by atoms with Crippen molar-refractivity contribution in [2.24, 2.45) is 0 Å². The quantitative estimate of drug-likeness (QED) is 0.838. The number of aromatic nitrogens is 2. The minimum absolute atomic E-state index is 0.0710. The molecular formula is C14H16N2O2. The summed E-state index contributed by atoms with van der Waals surface area (Å²) in [5, 5.41) is 7.45. The lowest BCUT2D eigenvalue weighted by Crippen LogP contribution is -2.11. The molecule has 94 valence electrons. The molecular weight excluding hydrogens is 228 g/mol. The van der Waals surface area contributed by atoms with Gasteiger partial charge in [0, 0.05) is 16.7 Å². The van der Waals surface area contributed by atoms with Gasteiger partial charge in [-0.3, -0.25) is 5.10 Å². The third-order valence-corrected chi connectivity index (χ3v) is 3.05. The Bertz CT molecular complexity index is 582. The van der Waals surface area contributed by atoms with E-state index in [1.165, 1.54) is 0 Å². The van der Waals surface area contributed by atoms with Crippen molar-refractivity contribution < 1.29 is 9.47 Å². The number of fused-ring (bicyclic) bond motifs is 1. The van der Waals surface area contributed by atoms with Gasteiger partial charge in [0.25, 0.3) is 0 Å². The van der Waals surface area contributed by atoms with Crippen LogP contribution in [0.25, 0.3) is 11.3 Å². The van der Waals surface area contributed by atoms with Crippen LogP contribution >= 0.6 is 0 Å². The molecule has 4 nitrogen and oxygen atoms in total. The summed E-state index contributed by atoms with van der Waals surface area (Å²) >= 11 is 0. The van der Waals surface area contributed by atoms with E-state index in [1.54, 1.807) is 0 Å². The Kier molecular flexibility index (Phi) is 2.33. The molecule has 4 heteroatoms. The van der Waals surface area contributed by atoms with Crippen LogP contribution in [-0.2, 0) is 5.41 Å². The highest BCUT2D eigenvalue weighted by atomic mass is 16.7. The molecule has 18 heavy (non-hydrogen) atoms. The molecule has 0 radical (unpaired) electrons. The zero-order valence-corrected chi connectivity index (χ0v) is 10.8. The second-order valence-corrected chi connectivity index (χ2v) is 5.48. The molecule has 1 N–H and O–H groups in total. The Morgan fingerprint density at radius 1 is 1.11 bits per heavy atom. The number of ether oxygens (including phenoxy) is 2. The van der Waals surface area contributed by atoms with E-state index < -0.39 is 0 Å². The maximum atomic E-state index is 5.37. The maximum Gasteiger partial charge on any atom is 0.231 e. The first kappa shape index (κ1) is 11.1. The van der Waals surface area contributed by atoms with Gasteiger partial charge < -0.3 is 9.47 Å². The number of nitrogens with zero attached hydrogens (tertiary/aromatic N) is 1. The zero-order chi connectivity index (χ0) is 12.8. The molecule has 0 saturated carbocycles. The maximum absolute atomic E-state index is 5.37. The number of hydrogen-bond acceptors (Lipinski definition) is 3. The predicted octanol–water partition coefficient (Wildman–Crippen LogP) is 3.10. The van der Waals surface area contributed by atoms with Crippen molar-refractivity contribution in [1.29, 1.82) is 0 Å². The summed E-state index contributed by atoms with van der Waals surface area (Å²) < 4.78 is 10.7. The molecule has 0 fully saturated rings. The molecule has 1 aromatic carbocycles. The normalized spacial score (nSPS) is 13.9. The lowest BCUT2D eigenvalue weighted by Gasteiger charge is -2.14. The molecule has 0 bridgehead atoms. The number of H-pyrrole nitrogens is 1. The SMILES string of the molecule is CC(C)(C)c1cc(-c2ccc3c(c2)OCO3)n[nH]1. The lowest BCUT2D eigenvalue weighted by atomic mass is 9.92. The van der Waals surface area contributed by atoms with Crippen LogP contribution in [-0.4, -0.2) is 17.0 Å². The van der Waals surface area contributed by atoms with Crippen molar-refractivity contribution in [3.8, 4) is 22.8 Å². The van der Waals surface area contributed by atoms with Gasteiger partial charge in [0.2, 0.25) is 6.79 Å². The highest BCUT2D eigenvalue weighted by Crippen LogP contribution is 2.36. The summed E-state index contributed by atoms with van der Waals surface area (Å²) in [4.78, 5) is 0. The Balaban J connectivity index is 1.98. The molecule has 1 aliphatic heterocycles. The molecule has 0 atom stereocenters. The lowest BCUT2D eigenvalue weighted by molar-refractivity contribution is 0.174. The molecule has 2 aromatic rings. The highest BCUT2D eigenvalue weighted by Gasteiger charge is 2.19. The first-order valence-corrected chi connectivity index (χ1v) is 6.00. The van der Waals surface area contributed by atoms with Crippen molar-refractivity contribution in [2.45, 2.75) is 26.2 Å². The molecule has 1 aromatic heterocycles. The molecule has 1 aliphatic rings. The topological polar surface area (TPSA) is 47.1 Å². The summed E-state index contributed by atoms with van der Waals surface area (Å²) in [5.74, 6) is 1.58. The molecule has 0 spiro atoms. The number of hydrogen-bond donors (Lipinski definition) is 1. The number of benzene rings is 1. The van der Waals surface area contributed by atoms with E-state index in [1.807, 2.05) is 18.2 Å². The van der Waals surface area contributed by atoms with Crippen LogP contribution in [0.5, 0.6) is 11.5 Å². The van der Waals surface area contributed by atoms with Gasteiger partial charge in [-0.15, -0.1) is 0 Å². The van der Waals surface area contributed by atoms with Gasteiger partial charge in [0.05, 0.1) is 5.69 Å². The largest absolute Gasteiger partial charge is 0.454 e. The summed E-state index contributed by atoms with van der Waals surface area (Å²) in [7, 11) is 0. The fraction of sp³-hybridized carbons (Fsp3) is 0.357. The Morgan fingerprint density at radius 3 is 2.61 bits per heavy atom. The molecule has 0 saturated heterocycles. The Hall–Kier alpha value is -1.97. The summed E-state index contributed by atoms with van der Waals surface area (Å²) in [5.41, 5.74) is 3.15. The highest BCUT2D eigenvalue weighted by molar-refractivity contribution is 5.64. The fourth-order valence-electron chi connectivity index (χ4n) is 1.91. The smallest absolute Gasteiger partial charge is 0.231 e. The van der Waals surface area contributed by atoms with Crippen molar-refractivity contribution in [1.82, 2.24) is 10.2 Å². The van der Waals surface area contributed by atoms with Crippen LogP contribution in [0.15, 0.2) is 24.3 Å². The summed E-state index contributed by atoms with van der Waals surface area (Å²) in [6.45, 7) is 6.77. The Labute approximate surface area is 106 Å². The van der Waals surface area contributed by atoms with E-state index in [0.717, 1.165) is 28.5 Å². The first-order valence-electron chi connectivity index (χ1n) is 6.00. The van der Waals surface area contributed by atoms with Crippen LogP contribution in [0, 0.1) is 0 Å². The zero-order valence-electron chi connectivity index (χ0n) is 10.8. The average Bonchev–Trinajstić information content (AvgIpc) is 2.96. The van der Waals surface area contributed by atoms with Gasteiger partial charge in [-0.1, -0.05) is 20.8 Å². The second kappa shape index (κ2) is 3.77. The van der Waals surface area contributed by atoms with Crippen LogP contribution in [0.1, 0.15) is 26.5 Å². The predicted molar refractivity (Wildman–Crippen MR) is 68.8 cm³/mol.